The molecule has 0 aromatic heterocycles. The minimum absolute atomic E-state index is 0.0531. The lowest BCUT2D eigenvalue weighted by Crippen LogP contribution is -2.56. The van der Waals surface area contributed by atoms with E-state index < -0.39 is 27.2 Å². The van der Waals surface area contributed by atoms with E-state index in [9.17, 15) is 22.4 Å². The van der Waals surface area contributed by atoms with E-state index in [1.165, 1.54) is 17.8 Å². The van der Waals surface area contributed by atoms with Gasteiger partial charge in [-0.3, -0.25) is 9.59 Å². The van der Waals surface area contributed by atoms with Crippen molar-refractivity contribution in [3.63, 3.8) is 0 Å². The third-order valence-corrected chi connectivity index (χ3v) is 7.41. The fourth-order valence-electron chi connectivity index (χ4n) is 2.96. The second kappa shape index (κ2) is 7.33. The molecular formula is C16H19FN2O4S2. The van der Waals surface area contributed by atoms with E-state index in [1.807, 2.05) is 0 Å². The number of benzene rings is 1. The molecule has 3 atom stereocenters. The van der Waals surface area contributed by atoms with Crippen LogP contribution in [0.1, 0.15) is 12.0 Å². The Bertz CT molecular complexity index is 784. The Morgan fingerprint density at radius 1 is 1.36 bits per heavy atom. The lowest BCUT2D eigenvalue weighted by Gasteiger charge is -2.29. The normalized spacial score (nSPS) is 28.4. The number of halogens is 1. The van der Waals surface area contributed by atoms with Crippen LogP contribution in [0.2, 0.25) is 0 Å². The summed E-state index contributed by atoms with van der Waals surface area (Å²) in [6, 6.07) is 5.22. The summed E-state index contributed by atoms with van der Waals surface area (Å²) in [7, 11) is -3.07. The third kappa shape index (κ3) is 4.52. The molecule has 0 spiro atoms. The van der Waals surface area contributed by atoms with Crippen LogP contribution in [-0.2, 0) is 25.8 Å². The lowest BCUT2D eigenvalue weighted by molar-refractivity contribution is -0.128. The number of sulfone groups is 1. The number of nitrogens with one attached hydrogen (secondary N) is 2. The number of rotatable bonds is 4. The molecule has 1 aromatic rings. The van der Waals surface area contributed by atoms with Crippen LogP contribution < -0.4 is 10.6 Å². The predicted octanol–water partition coefficient (Wildman–Crippen LogP) is 0.272. The van der Waals surface area contributed by atoms with Crippen LogP contribution in [0, 0.1) is 5.82 Å². The molecule has 2 heterocycles. The maximum atomic E-state index is 13.7. The van der Waals surface area contributed by atoms with Crippen LogP contribution in [0.4, 0.5) is 4.39 Å². The van der Waals surface area contributed by atoms with Gasteiger partial charge in [0.15, 0.2) is 9.84 Å². The first kappa shape index (κ1) is 18.2. The number of carbonyl (C=O) groups excluding carboxylic acids is 2. The zero-order valence-corrected chi connectivity index (χ0v) is 15.0. The summed E-state index contributed by atoms with van der Waals surface area (Å²) in [5.41, 5.74) is 0.467. The van der Waals surface area contributed by atoms with Gasteiger partial charge in [-0.25, -0.2) is 12.8 Å². The van der Waals surface area contributed by atoms with Crippen molar-refractivity contribution in [3.8, 4) is 0 Å². The van der Waals surface area contributed by atoms with Crippen molar-refractivity contribution in [1.82, 2.24) is 10.6 Å². The van der Waals surface area contributed by atoms with Crippen molar-refractivity contribution in [2.75, 3.05) is 17.3 Å². The Labute approximate surface area is 149 Å². The molecule has 6 nitrogen and oxygen atoms in total. The first-order valence-electron chi connectivity index (χ1n) is 8.00. The van der Waals surface area contributed by atoms with Crippen molar-refractivity contribution >= 4 is 33.4 Å². The summed E-state index contributed by atoms with van der Waals surface area (Å²) in [5, 5.41) is 4.90. The Hall–Kier alpha value is -1.61. The number of carbonyl (C=O) groups is 2. The summed E-state index contributed by atoms with van der Waals surface area (Å²) < 4.78 is 36.6. The maximum Gasteiger partial charge on any atom is 0.243 e. The molecule has 25 heavy (non-hydrogen) atoms. The summed E-state index contributed by atoms with van der Waals surface area (Å²) >= 11 is 1.31. The second-order valence-electron chi connectivity index (χ2n) is 6.29. The zero-order valence-electron chi connectivity index (χ0n) is 13.4. The van der Waals surface area contributed by atoms with Crippen molar-refractivity contribution < 1.29 is 22.4 Å². The molecule has 2 N–H and O–H groups in total. The van der Waals surface area contributed by atoms with E-state index in [1.54, 1.807) is 18.2 Å². The van der Waals surface area contributed by atoms with E-state index in [0.29, 0.717) is 17.7 Å². The lowest BCUT2D eigenvalue weighted by atomic mass is 10.1. The first-order chi connectivity index (χ1) is 11.8. The largest absolute Gasteiger partial charge is 0.351 e. The molecule has 2 aliphatic heterocycles. The summed E-state index contributed by atoms with van der Waals surface area (Å²) in [6.07, 6.45) is 0.663. The van der Waals surface area contributed by atoms with Gasteiger partial charge in [0.25, 0.3) is 0 Å². The highest BCUT2D eigenvalue weighted by atomic mass is 32.2. The summed E-state index contributed by atoms with van der Waals surface area (Å²) in [6.45, 7) is 0. The second-order valence-corrected chi connectivity index (χ2v) is 9.75. The van der Waals surface area contributed by atoms with Crippen LogP contribution in [-0.4, -0.2) is 54.8 Å². The Morgan fingerprint density at radius 2 is 2.12 bits per heavy atom. The minimum atomic E-state index is -3.07. The van der Waals surface area contributed by atoms with Crippen LogP contribution in [0.15, 0.2) is 24.3 Å². The van der Waals surface area contributed by atoms with Gasteiger partial charge in [0, 0.05) is 11.8 Å². The van der Waals surface area contributed by atoms with Crippen LogP contribution in [0.5, 0.6) is 0 Å². The van der Waals surface area contributed by atoms with Crippen molar-refractivity contribution in [2.45, 2.75) is 30.2 Å². The quantitative estimate of drug-likeness (QED) is 0.775. The van der Waals surface area contributed by atoms with E-state index in [2.05, 4.69) is 10.6 Å². The summed E-state index contributed by atoms with van der Waals surface area (Å²) in [5.74, 6) is -0.628. The Morgan fingerprint density at radius 3 is 2.76 bits per heavy atom. The standard InChI is InChI=1S/C16H19FN2O4S2/c17-12-4-2-1-3-10(12)7-14-16(21)19-13(8-24-14)15(20)18-11-5-6-25(22,23)9-11/h1-4,11,13-14H,5-9H2,(H,18,20)(H,19,21)/t11-,13-,14+/m1/s1. The summed E-state index contributed by atoms with van der Waals surface area (Å²) in [4.78, 5) is 24.5. The molecule has 3 rings (SSSR count). The molecule has 1 aromatic carbocycles. The molecule has 0 radical (unpaired) electrons. The molecule has 2 aliphatic rings. The average Bonchev–Trinajstić information content (AvgIpc) is 2.90. The fourth-order valence-corrected chi connectivity index (χ4v) is 5.81. The molecule has 0 aliphatic carbocycles. The predicted molar refractivity (Wildman–Crippen MR) is 93.5 cm³/mol. The Balaban J connectivity index is 1.54. The molecule has 2 fully saturated rings. The van der Waals surface area contributed by atoms with Crippen molar-refractivity contribution in [2.24, 2.45) is 0 Å². The van der Waals surface area contributed by atoms with Gasteiger partial charge in [-0.15, -0.1) is 11.8 Å². The van der Waals surface area contributed by atoms with Gasteiger partial charge in [-0.1, -0.05) is 18.2 Å². The van der Waals surface area contributed by atoms with Gasteiger partial charge in [0.05, 0.1) is 16.8 Å². The average molecular weight is 386 g/mol. The monoisotopic (exact) mass is 386 g/mol. The van der Waals surface area contributed by atoms with Crippen molar-refractivity contribution in [1.29, 1.82) is 0 Å². The van der Waals surface area contributed by atoms with Crippen LogP contribution in [0.25, 0.3) is 0 Å². The van der Waals surface area contributed by atoms with Gasteiger partial charge >= 0.3 is 0 Å². The van der Waals surface area contributed by atoms with Crippen molar-refractivity contribution in [3.05, 3.63) is 35.6 Å². The van der Waals surface area contributed by atoms with Gasteiger partial charge in [0.2, 0.25) is 11.8 Å². The van der Waals surface area contributed by atoms with Gasteiger partial charge in [0.1, 0.15) is 11.9 Å². The maximum absolute atomic E-state index is 13.7. The van der Waals surface area contributed by atoms with Gasteiger partial charge in [-0.2, -0.15) is 0 Å². The zero-order chi connectivity index (χ0) is 18.0. The molecule has 0 unspecified atom stereocenters. The Kier molecular flexibility index (Phi) is 5.33. The van der Waals surface area contributed by atoms with E-state index >= 15 is 0 Å². The highest BCUT2D eigenvalue weighted by Gasteiger charge is 2.35. The topological polar surface area (TPSA) is 92.3 Å². The molecule has 136 valence electrons. The number of thioether (sulfide) groups is 1. The van der Waals surface area contributed by atoms with E-state index in [4.69, 9.17) is 0 Å². The highest BCUT2D eigenvalue weighted by Crippen LogP contribution is 2.23. The highest BCUT2D eigenvalue weighted by molar-refractivity contribution is 8.00. The third-order valence-electron chi connectivity index (χ3n) is 4.33. The smallest absolute Gasteiger partial charge is 0.243 e. The van der Waals surface area contributed by atoms with Gasteiger partial charge < -0.3 is 10.6 Å². The van der Waals surface area contributed by atoms with E-state index in [0.717, 1.165) is 0 Å². The minimum Gasteiger partial charge on any atom is -0.351 e. The number of hydrogen-bond acceptors (Lipinski definition) is 5. The number of hydrogen-bond donors (Lipinski definition) is 2. The van der Waals surface area contributed by atoms with E-state index in [-0.39, 0.29) is 35.6 Å². The fraction of sp³-hybridized carbons (Fsp3) is 0.500. The molecular weight excluding hydrogens is 367 g/mol. The van der Waals surface area contributed by atoms with Crippen LogP contribution in [0.3, 0.4) is 0 Å². The SMILES string of the molecule is O=C1N[C@@H](C(=O)N[C@@H]2CCS(=O)(=O)C2)CS[C@H]1Cc1ccccc1F. The molecule has 0 saturated carbocycles. The molecule has 0 bridgehead atoms. The first-order valence-corrected chi connectivity index (χ1v) is 10.9. The molecule has 2 saturated heterocycles. The molecule has 2 amide bonds. The number of amides is 2. The van der Waals surface area contributed by atoms with Gasteiger partial charge in [-0.05, 0) is 24.5 Å². The van der Waals surface area contributed by atoms with Crippen LogP contribution >= 0.6 is 11.8 Å². The molecule has 9 heteroatoms.